The van der Waals surface area contributed by atoms with Crippen LogP contribution in [0.25, 0.3) is 0 Å². The number of hydrogen-bond donors (Lipinski definition) is 0. The van der Waals surface area contributed by atoms with Crippen LogP contribution in [0.5, 0.6) is 0 Å². The lowest BCUT2D eigenvalue weighted by atomic mass is 10.2. The van der Waals surface area contributed by atoms with Gasteiger partial charge in [0.15, 0.2) is 0 Å². The summed E-state index contributed by atoms with van der Waals surface area (Å²) < 4.78 is 9.91. The Labute approximate surface area is 118 Å². The van der Waals surface area contributed by atoms with Crippen LogP contribution in [0.15, 0.2) is 12.2 Å². The number of nitrogens with zero attached hydrogens (tertiary/aromatic N) is 1. The second-order valence-corrected chi connectivity index (χ2v) is 5.82. The zero-order valence-electron chi connectivity index (χ0n) is 12.4. The molecule has 6 nitrogen and oxygen atoms in total. The molecule has 0 aliphatic carbocycles. The first-order valence-electron chi connectivity index (χ1n) is 6.53. The summed E-state index contributed by atoms with van der Waals surface area (Å²) in [6, 6.07) is -0.770. The summed E-state index contributed by atoms with van der Waals surface area (Å²) >= 11 is 0. The quantitative estimate of drug-likeness (QED) is 0.440. The van der Waals surface area contributed by atoms with Crippen molar-refractivity contribution in [3.8, 4) is 0 Å². The largest absolute Gasteiger partial charge is 0.444 e. The molecule has 0 bridgehead atoms. The van der Waals surface area contributed by atoms with Crippen LogP contribution in [0.4, 0.5) is 4.79 Å². The monoisotopic (exact) mass is 283 g/mol. The molecule has 1 saturated heterocycles. The van der Waals surface area contributed by atoms with Gasteiger partial charge in [-0.15, -0.1) is 0 Å². The highest BCUT2D eigenvalue weighted by Crippen LogP contribution is 2.22. The van der Waals surface area contributed by atoms with Gasteiger partial charge in [-0.05, 0) is 40.5 Å². The van der Waals surface area contributed by atoms with Crippen molar-refractivity contribution in [1.82, 2.24) is 4.90 Å². The number of carbonyl (C=O) groups is 3. The average molecular weight is 283 g/mol. The second kappa shape index (κ2) is 6.07. The molecule has 0 N–H and O–H groups in total. The lowest BCUT2D eigenvalue weighted by molar-refractivity contribution is -0.160. The van der Waals surface area contributed by atoms with Crippen molar-refractivity contribution >= 4 is 18.0 Å². The molecular formula is C14H21NO5. The van der Waals surface area contributed by atoms with Crippen LogP contribution in [0.3, 0.4) is 0 Å². The highest BCUT2D eigenvalue weighted by molar-refractivity contribution is 5.97. The van der Waals surface area contributed by atoms with Gasteiger partial charge in [-0.1, -0.05) is 6.58 Å². The first kappa shape index (κ1) is 16.2. The molecule has 0 aromatic heterocycles. The molecule has 1 amide bonds. The molecule has 0 spiro atoms. The molecule has 20 heavy (non-hydrogen) atoms. The van der Waals surface area contributed by atoms with Gasteiger partial charge in [0, 0.05) is 12.1 Å². The summed E-state index contributed by atoms with van der Waals surface area (Å²) in [5.41, 5.74) is -0.498. The van der Waals surface area contributed by atoms with Crippen LogP contribution in [0, 0.1) is 0 Å². The van der Waals surface area contributed by atoms with E-state index in [4.69, 9.17) is 4.74 Å². The molecule has 1 heterocycles. The van der Waals surface area contributed by atoms with E-state index in [0.29, 0.717) is 19.4 Å². The fourth-order valence-electron chi connectivity index (χ4n) is 1.80. The summed E-state index contributed by atoms with van der Waals surface area (Å²) in [6.45, 7) is 10.5. The molecular weight excluding hydrogens is 262 g/mol. The lowest BCUT2D eigenvalue weighted by Crippen LogP contribution is -2.44. The maximum Gasteiger partial charge on any atom is 0.411 e. The standard InChI is InChI=1S/C14H21NO5/c1-9(2)11(16)19-12(17)10-7-6-8-15(10)13(18)20-14(3,4)5/h10H,1,6-8H2,2-5H3/t10-/m0/s1. The number of carbonyl (C=O) groups excluding carboxylic acids is 3. The highest BCUT2D eigenvalue weighted by atomic mass is 16.6. The topological polar surface area (TPSA) is 72.9 Å². The van der Waals surface area contributed by atoms with E-state index >= 15 is 0 Å². The Morgan fingerprint density at radius 3 is 2.35 bits per heavy atom. The second-order valence-electron chi connectivity index (χ2n) is 5.82. The zero-order chi connectivity index (χ0) is 15.5. The Morgan fingerprint density at radius 2 is 1.85 bits per heavy atom. The molecule has 0 unspecified atom stereocenters. The smallest absolute Gasteiger partial charge is 0.411 e. The predicted molar refractivity (Wildman–Crippen MR) is 71.9 cm³/mol. The van der Waals surface area contributed by atoms with E-state index in [1.165, 1.54) is 11.8 Å². The van der Waals surface area contributed by atoms with E-state index in [1.807, 2.05) is 0 Å². The van der Waals surface area contributed by atoms with Crippen molar-refractivity contribution in [1.29, 1.82) is 0 Å². The van der Waals surface area contributed by atoms with E-state index in [1.54, 1.807) is 20.8 Å². The van der Waals surface area contributed by atoms with Gasteiger partial charge in [-0.2, -0.15) is 0 Å². The molecule has 6 heteroatoms. The molecule has 1 rings (SSSR count). The fraction of sp³-hybridized carbons (Fsp3) is 0.643. The van der Waals surface area contributed by atoms with Crippen molar-refractivity contribution in [2.45, 2.75) is 52.2 Å². The summed E-state index contributed by atoms with van der Waals surface area (Å²) in [7, 11) is 0. The molecule has 1 aliphatic rings. The third-order valence-electron chi connectivity index (χ3n) is 2.69. The molecule has 112 valence electrons. The van der Waals surface area contributed by atoms with Crippen molar-refractivity contribution in [2.75, 3.05) is 6.54 Å². The third kappa shape index (κ3) is 4.36. The maximum atomic E-state index is 12.0. The molecule has 0 aromatic rings. The van der Waals surface area contributed by atoms with Crippen molar-refractivity contribution in [2.24, 2.45) is 0 Å². The van der Waals surface area contributed by atoms with Crippen LogP contribution in [-0.4, -0.2) is 41.1 Å². The van der Waals surface area contributed by atoms with Crippen LogP contribution in [0.2, 0.25) is 0 Å². The number of ether oxygens (including phenoxy) is 2. The van der Waals surface area contributed by atoms with Gasteiger partial charge in [0.2, 0.25) is 0 Å². The molecule has 1 atom stereocenters. The molecule has 0 radical (unpaired) electrons. The Bertz CT molecular complexity index is 435. The van der Waals surface area contributed by atoms with Crippen molar-refractivity contribution < 1.29 is 23.9 Å². The van der Waals surface area contributed by atoms with Gasteiger partial charge in [-0.25, -0.2) is 14.4 Å². The first-order valence-corrected chi connectivity index (χ1v) is 6.53. The van der Waals surface area contributed by atoms with Gasteiger partial charge in [0.25, 0.3) is 0 Å². The normalized spacial score (nSPS) is 18.6. The van der Waals surface area contributed by atoms with Gasteiger partial charge in [0.05, 0.1) is 0 Å². The Hall–Kier alpha value is -1.85. The third-order valence-corrected chi connectivity index (χ3v) is 2.69. The number of hydrogen-bond acceptors (Lipinski definition) is 5. The van der Waals surface area contributed by atoms with Crippen molar-refractivity contribution in [3.63, 3.8) is 0 Å². The maximum absolute atomic E-state index is 12.0. The number of likely N-dealkylation sites (tertiary alicyclic amines) is 1. The van der Waals surface area contributed by atoms with E-state index in [2.05, 4.69) is 11.3 Å². The summed E-state index contributed by atoms with van der Waals surface area (Å²) in [5, 5.41) is 0. The summed E-state index contributed by atoms with van der Waals surface area (Å²) in [4.78, 5) is 36.5. The number of esters is 2. The Balaban J connectivity index is 2.69. The number of rotatable bonds is 2. The van der Waals surface area contributed by atoms with Gasteiger partial charge in [0.1, 0.15) is 11.6 Å². The number of amides is 1. The van der Waals surface area contributed by atoms with E-state index in [0.717, 1.165) is 0 Å². The van der Waals surface area contributed by atoms with Crippen LogP contribution in [-0.2, 0) is 19.1 Å². The summed E-state index contributed by atoms with van der Waals surface area (Å²) in [6.07, 6.45) is 0.557. The van der Waals surface area contributed by atoms with Gasteiger partial charge >= 0.3 is 18.0 Å². The minimum absolute atomic E-state index is 0.139. The molecule has 0 saturated carbocycles. The lowest BCUT2D eigenvalue weighted by Gasteiger charge is -2.27. The fourth-order valence-corrected chi connectivity index (χ4v) is 1.80. The Morgan fingerprint density at radius 1 is 1.25 bits per heavy atom. The minimum Gasteiger partial charge on any atom is -0.444 e. The SMILES string of the molecule is C=C(C)C(=O)OC(=O)[C@@H]1CCCN1C(=O)OC(C)(C)C. The molecule has 1 fully saturated rings. The highest BCUT2D eigenvalue weighted by Gasteiger charge is 2.38. The molecule has 0 aromatic carbocycles. The van der Waals surface area contributed by atoms with Crippen LogP contribution in [0.1, 0.15) is 40.5 Å². The Kier molecular flexibility index (Phi) is 4.92. The summed E-state index contributed by atoms with van der Waals surface area (Å²) in [5.74, 6) is -1.51. The zero-order valence-corrected chi connectivity index (χ0v) is 12.4. The molecule has 1 aliphatic heterocycles. The average Bonchev–Trinajstić information content (AvgIpc) is 2.74. The van der Waals surface area contributed by atoms with E-state index in [-0.39, 0.29) is 5.57 Å². The van der Waals surface area contributed by atoms with Gasteiger partial charge in [-0.3, -0.25) is 4.90 Å². The van der Waals surface area contributed by atoms with Gasteiger partial charge < -0.3 is 9.47 Å². The van der Waals surface area contributed by atoms with Crippen molar-refractivity contribution in [3.05, 3.63) is 12.2 Å². The van der Waals surface area contributed by atoms with E-state index < -0.39 is 29.7 Å². The van der Waals surface area contributed by atoms with Crippen LogP contribution < -0.4 is 0 Å². The predicted octanol–water partition coefficient (Wildman–Crippen LogP) is 2.03. The van der Waals surface area contributed by atoms with E-state index in [9.17, 15) is 14.4 Å². The first-order chi connectivity index (χ1) is 9.11. The van der Waals surface area contributed by atoms with Crippen LogP contribution >= 0.6 is 0 Å². The minimum atomic E-state index is -0.772.